The van der Waals surface area contributed by atoms with E-state index >= 15 is 0 Å². The predicted octanol–water partition coefficient (Wildman–Crippen LogP) is 3.70. The van der Waals surface area contributed by atoms with Crippen LogP contribution in [0.5, 0.6) is 5.75 Å². The number of benzene rings is 2. The fourth-order valence-corrected chi connectivity index (χ4v) is 3.26. The topological polar surface area (TPSA) is 59.0 Å². The zero-order chi connectivity index (χ0) is 20.1. The smallest absolute Gasteiger partial charge is 0.304 e. The maximum absolute atomic E-state index is 13.7. The van der Waals surface area contributed by atoms with Crippen LogP contribution in [0.3, 0.4) is 0 Å². The number of aryl methyl sites for hydroxylation is 1. The van der Waals surface area contributed by atoms with Gasteiger partial charge in [0, 0.05) is 25.2 Å². The summed E-state index contributed by atoms with van der Waals surface area (Å²) >= 11 is 0. The lowest BCUT2D eigenvalue weighted by molar-refractivity contribution is -0.137. The van der Waals surface area contributed by atoms with E-state index in [0.29, 0.717) is 32.0 Å². The van der Waals surface area contributed by atoms with Gasteiger partial charge in [0.15, 0.2) is 0 Å². The SMILES string of the molecule is Cc1cc(OCc2cc(F)ccc2F)ccc1C1CN(CCC(=O)O)CCO1. The number of carboxylic acids is 1. The molecular formula is C21H23F2NO4. The standard InChI is InChI=1S/C21H23F2NO4/c1-14-10-17(28-13-15-11-16(22)2-5-19(15)23)3-4-18(14)20-12-24(8-9-27-20)7-6-21(25)26/h2-5,10-11,20H,6-9,12-13H2,1H3,(H,25,26). The van der Waals surface area contributed by atoms with Gasteiger partial charge < -0.3 is 14.6 Å². The highest BCUT2D eigenvalue weighted by atomic mass is 19.1. The highest BCUT2D eigenvalue weighted by molar-refractivity contribution is 5.66. The Morgan fingerprint density at radius 3 is 2.86 bits per heavy atom. The van der Waals surface area contributed by atoms with Crippen molar-refractivity contribution in [2.75, 3.05) is 26.2 Å². The van der Waals surface area contributed by atoms with E-state index in [2.05, 4.69) is 4.90 Å². The number of morpholine rings is 1. The Morgan fingerprint density at radius 2 is 2.11 bits per heavy atom. The van der Waals surface area contributed by atoms with Crippen LogP contribution in [0, 0.1) is 18.6 Å². The molecule has 0 aliphatic carbocycles. The maximum Gasteiger partial charge on any atom is 0.304 e. The molecule has 0 aromatic heterocycles. The minimum atomic E-state index is -0.810. The fraction of sp³-hybridized carbons (Fsp3) is 0.381. The third kappa shape index (κ3) is 5.27. The molecule has 0 radical (unpaired) electrons. The molecular weight excluding hydrogens is 368 g/mol. The number of carbonyl (C=O) groups is 1. The van der Waals surface area contributed by atoms with Crippen LogP contribution in [0.15, 0.2) is 36.4 Å². The second kappa shape index (κ2) is 9.12. The average Bonchev–Trinajstić information content (AvgIpc) is 2.67. The number of rotatable bonds is 7. The van der Waals surface area contributed by atoms with Crippen LogP contribution >= 0.6 is 0 Å². The van der Waals surface area contributed by atoms with Gasteiger partial charge in [0.25, 0.3) is 0 Å². The molecule has 1 atom stereocenters. The molecule has 2 aromatic rings. The van der Waals surface area contributed by atoms with Crippen molar-refractivity contribution >= 4 is 5.97 Å². The predicted molar refractivity (Wildman–Crippen MR) is 99.3 cm³/mol. The van der Waals surface area contributed by atoms with Crippen molar-refractivity contribution in [2.45, 2.75) is 26.1 Å². The van der Waals surface area contributed by atoms with E-state index in [4.69, 9.17) is 14.6 Å². The molecule has 2 aromatic carbocycles. The number of carboxylic acid groups (broad SMARTS) is 1. The van der Waals surface area contributed by atoms with Gasteiger partial charge in [-0.15, -0.1) is 0 Å². The van der Waals surface area contributed by atoms with E-state index in [-0.39, 0.29) is 24.7 Å². The van der Waals surface area contributed by atoms with E-state index < -0.39 is 17.6 Å². The molecule has 3 rings (SSSR count). The van der Waals surface area contributed by atoms with Crippen LogP contribution in [0.25, 0.3) is 0 Å². The number of ether oxygens (including phenoxy) is 2. The summed E-state index contributed by atoms with van der Waals surface area (Å²) in [5.74, 6) is -1.26. The zero-order valence-corrected chi connectivity index (χ0v) is 15.7. The summed E-state index contributed by atoms with van der Waals surface area (Å²) in [4.78, 5) is 12.9. The van der Waals surface area contributed by atoms with E-state index in [1.807, 2.05) is 19.1 Å². The van der Waals surface area contributed by atoms with E-state index in [1.165, 1.54) is 0 Å². The Kier molecular flexibility index (Phi) is 6.59. The van der Waals surface area contributed by atoms with Crippen molar-refractivity contribution in [3.8, 4) is 5.75 Å². The number of hydrogen-bond donors (Lipinski definition) is 1. The summed E-state index contributed by atoms with van der Waals surface area (Å²) in [7, 11) is 0. The first kappa shape index (κ1) is 20.2. The van der Waals surface area contributed by atoms with Gasteiger partial charge in [-0.05, 0) is 48.4 Å². The summed E-state index contributed by atoms with van der Waals surface area (Å²) in [6, 6.07) is 8.79. The first-order chi connectivity index (χ1) is 13.4. The maximum atomic E-state index is 13.7. The number of aliphatic carboxylic acids is 1. The Bertz CT molecular complexity index is 843. The van der Waals surface area contributed by atoms with Crippen LogP contribution in [0.4, 0.5) is 8.78 Å². The van der Waals surface area contributed by atoms with Gasteiger partial charge in [-0.2, -0.15) is 0 Å². The lowest BCUT2D eigenvalue weighted by Gasteiger charge is -2.33. The molecule has 1 saturated heterocycles. The Balaban J connectivity index is 1.63. The van der Waals surface area contributed by atoms with E-state index in [9.17, 15) is 13.6 Å². The lowest BCUT2D eigenvalue weighted by Crippen LogP contribution is -2.39. The molecule has 1 aliphatic heterocycles. The molecule has 28 heavy (non-hydrogen) atoms. The van der Waals surface area contributed by atoms with Gasteiger partial charge in [0.1, 0.15) is 24.0 Å². The Hall–Kier alpha value is -2.51. The number of halogens is 2. The molecule has 1 aliphatic rings. The second-order valence-electron chi connectivity index (χ2n) is 6.85. The third-order valence-corrected chi connectivity index (χ3v) is 4.78. The first-order valence-electron chi connectivity index (χ1n) is 9.15. The highest BCUT2D eigenvalue weighted by Crippen LogP contribution is 2.28. The Morgan fingerprint density at radius 1 is 1.29 bits per heavy atom. The molecule has 5 nitrogen and oxygen atoms in total. The molecule has 1 heterocycles. The molecule has 1 unspecified atom stereocenters. The van der Waals surface area contributed by atoms with Gasteiger partial charge >= 0.3 is 5.97 Å². The number of hydrogen-bond acceptors (Lipinski definition) is 4. The largest absolute Gasteiger partial charge is 0.489 e. The van der Waals surface area contributed by atoms with Gasteiger partial charge in [0.05, 0.1) is 19.1 Å². The van der Waals surface area contributed by atoms with Crippen molar-refractivity contribution in [1.29, 1.82) is 0 Å². The average molecular weight is 391 g/mol. The fourth-order valence-electron chi connectivity index (χ4n) is 3.26. The minimum Gasteiger partial charge on any atom is -0.489 e. The molecule has 0 amide bonds. The summed E-state index contributed by atoms with van der Waals surface area (Å²) in [6.45, 7) is 4.25. The van der Waals surface area contributed by atoms with Crippen molar-refractivity contribution < 1.29 is 28.2 Å². The van der Waals surface area contributed by atoms with Crippen molar-refractivity contribution in [2.24, 2.45) is 0 Å². The van der Waals surface area contributed by atoms with Crippen molar-refractivity contribution in [3.05, 3.63) is 64.7 Å². The van der Waals surface area contributed by atoms with Gasteiger partial charge in [0.2, 0.25) is 0 Å². The molecule has 0 spiro atoms. The summed E-state index contributed by atoms with van der Waals surface area (Å²) < 4.78 is 38.4. The molecule has 0 saturated carbocycles. The quantitative estimate of drug-likeness (QED) is 0.780. The van der Waals surface area contributed by atoms with Crippen LogP contribution < -0.4 is 4.74 Å². The Labute approximate surface area is 162 Å². The molecule has 1 N–H and O–H groups in total. The molecule has 7 heteroatoms. The van der Waals surface area contributed by atoms with Gasteiger partial charge in [-0.3, -0.25) is 9.69 Å². The zero-order valence-electron chi connectivity index (χ0n) is 15.7. The molecule has 0 bridgehead atoms. The van der Waals surface area contributed by atoms with Crippen LogP contribution in [0.1, 0.15) is 29.2 Å². The molecule has 150 valence electrons. The summed E-state index contributed by atoms with van der Waals surface area (Å²) in [5.41, 5.74) is 2.12. The highest BCUT2D eigenvalue weighted by Gasteiger charge is 2.23. The number of nitrogens with zero attached hydrogens (tertiary/aromatic N) is 1. The van der Waals surface area contributed by atoms with Crippen LogP contribution in [-0.4, -0.2) is 42.2 Å². The van der Waals surface area contributed by atoms with Crippen molar-refractivity contribution in [1.82, 2.24) is 4.90 Å². The monoisotopic (exact) mass is 391 g/mol. The van der Waals surface area contributed by atoms with Gasteiger partial charge in [-0.25, -0.2) is 8.78 Å². The van der Waals surface area contributed by atoms with Gasteiger partial charge in [-0.1, -0.05) is 6.07 Å². The summed E-state index contributed by atoms with van der Waals surface area (Å²) in [5, 5.41) is 8.85. The van der Waals surface area contributed by atoms with Crippen LogP contribution in [-0.2, 0) is 16.1 Å². The third-order valence-electron chi connectivity index (χ3n) is 4.78. The second-order valence-corrected chi connectivity index (χ2v) is 6.85. The van der Waals surface area contributed by atoms with Crippen LogP contribution in [0.2, 0.25) is 0 Å². The minimum absolute atomic E-state index is 0.0642. The summed E-state index contributed by atoms with van der Waals surface area (Å²) in [6.07, 6.45) is -0.0352. The van der Waals surface area contributed by atoms with E-state index in [0.717, 1.165) is 29.3 Å². The van der Waals surface area contributed by atoms with E-state index in [1.54, 1.807) is 6.07 Å². The van der Waals surface area contributed by atoms with Crippen molar-refractivity contribution in [3.63, 3.8) is 0 Å². The molecule has 1 fully saturated rings. The lowest BCUT2D eigenvalue weighted by atomic mass is 10.0. The first-order valence-corrected chi connectivity index (χ1v) is 9.15. The normalized spacial score (nSPS) is 17.5.